The maximum Gasteiger partial charge on any atom is 0.137 e. The molecule has 0 aliphatic heterocycles. The molecule has 70 valence electrons. The van der Waals surface area contributed by atoms with Crippen LogP contribution in [0.3, 0.4) is 0 Å². The second kappa shape index (κ2) is 9.87. The summed E-state index contributed by atoms with van der Waals surface area (Å²) >= 11 is 0. The predicted molar refractivity (Wildman–Crippen MR) is 38.9 cm³/mol. The zero-order valence-corrected chi connectivity index (χ0v) is 8.37. The quantitative estimate of drug-likeness (QED) is 0.343. The van der Waals surface area contributed by atoms with Crippen LogP contribution in [0.25, 0.3) is 0 Å². The van der Waals surface area contributed by atoms with Crippen molar-refractivity contribution in [3.8, 4) is 0 Å². The van der Waals surface area contributed by atoms with Gasteiger partial charge in [0.05, 0.1) is 10.1 Å². The van der Waals surface area contributed by atoms with E-state index < -0.39 is 10.1 Å². The van der Waals surface area contributed by atoms with Gasteiger partial charge in [-0.2, -0.15) is 0 Å². The molecule has 0 spiro atoms. The van der Waals surface area contributed by atoms with Gasteiger partial charge in [0.2, 0.25) is 0 Å². The van der Waals surface area contributed by atoms with Gasteiger partial charge in [-0.15, -0.1) is 0 Å². The Morgan fingerprint density at radius 1 is 1.55 bits per heavy atom. The van der Waals surface area contributed by atoms with Crippen molar-refractivity contribution >= 4 is 16.3 Å². The standard InChI is InChI=1S/C4H9N.CH4O3S.ClH/c1-3-5-4-2;1-5(2,3)4;/h3H,4H2,1-2H3;1H3,(H,2,3,4);1H/p-1. The number of rotatable bonds is 1. The summed E-state index contributed by atoms with van der Waals surface area (Å²) in [6.07, 6.45) is 2.53. The molecule has 0 atom stereocenters. The SMILES string of the molecule is CC=[NH+]CC.CS(=O)(=O)[O-].[Cl-]. The topological polar surface area (TPSA) is 71.2 Å². The van der Waals surface area contributed by atoms with Crippen molar-refractivity contribution in [3.05, 3.63) is 0 Å². The molecule has 0 unspecified atom stereocenters. The number of nitrogens with one attached hydrogen (secondary N) is 1. The molecule has 0 aromatic carbocycles. The Morgan fingerprint density at radius 3 is 1.82 bits per heavy atom. The van der Waals surface area contributed by atoms with Crippen molar-refractivity contribution < 1.29 is 30.4 Å². The summed E-state index contributed by atoms with van der Waals surface area (Å²) < 4.78 is 27.2. The molecule has 0 aliphatic rings. The smallest absolute Gasteiger partial charge is 0.137 e. The highest BCUT2D eigenvalue weighted by Gasteiger charge is 1.65. The lowest BCUT2D eigenvalue weighted by Gasteiger charge is -1.90. The number of hydrogen-bond donors (Lipinski definition) is 1. The molecule has 0 radical (unpaired) electrons. The van der Waals surface area contributed by atoms with Gasteiger partial charge in [-0.1, -0.05) is 0 Å². The van der Waals surface area contributed by atoms with Crippen molar-refractivity contribution in [2.45, 2.75) is 13.8 Å². The summed E-state index contributed by atoms with van der Waals surface area (Å²) in [7, 11) is -3.92. The molecule has 0 saturated carbocycles. The van der Waals surface area contributed by atoms with E-state index in [0.717, 1.165) is 6.54 Å². The van der Waals surface area contributed by atoms with E-state index in [2.05, 4.69) is 11.9 Å². The van der Waals surface area contributed by atoms with E-state index in [-0.39, 0.29) is 12.4 Å². The number of hydrogen-bond acceptors (Lipinski definition) is 3. The lowest BCUT2D eigenvalue weighted by atomic mass is 10.8. The van der Waals surface area contributed by atoms with Crippen molar-refractivity contribution in [2.24, 2.45) is 0 Å². The van der Waals surface area contributed by atoms with Crippen LogP contribution in [0.4, 0.5) is 0 Å². The summed E-state index contributed by atoms with van der Waals surface area (Å²) in [4.78, 5) is 2.99. The Bertz CT molecular complexity index is 168. The molecule has 0 rings (SSSR count). The lowest BCUT2D eigenvalue weighted by Crippen LogP contribution is -3.00. The van der Waals surface area contributed by atoms with Gasteiger partial charge < -0.3 is 17.0 Å². The second-order valence-corrected chi connectivity index (χ2v) is 2.96. The van der Waals surface area contributed by atoms with Crippen molar-refractivity contribution in [1.29, 1.82) is 0 Å². The summed E-state index contributed by atoms with van der Waals surface area (Å²) in [5.74, 6) is 0. The van der Waals surface area contributed by atoms with Crippen LogP contribution < -0.4 is 17.4 Å². The molecule has 11 heavy (non-hydrogen) atoms. The highest BCUT2D eigenvalue weighted by molar-refractivity contribution is 7.84. The molecular formula is C5H13ClNO3S-. The third-order valence-corrected chi connectivity index (χ3v) is 0.408. The zero-order valence-electron chi connectivity index (χ0n) is 6.80. The second-order valence-electron chi connectivity index (χ2n) is 1.55. The molecule has 0 heterocycles. The Labute approximate surface area is 73.9 Å². The number of halogens is 1. The van der Waals surface area contributed by atoms with Crippen LogP contribution in [-0.2, 0) is 10.1 Å². The third kappa shape index (κ3) is 175. The van der Waals surface area contributed by atoms with Gasteiger partial charge in [0.1, 0.15) is 12.8 Å². The van der Waals surface area contributed by atoms with Crippen molar-refractivity contribution in [3.63, 3.8) is 0 Å². The minimum atomic E-state index is -3.92. The Balaban J connectivity index is -0.000000107. The fourth-order valence-corrected chi connectivity index (χ4v) is 0.204. The maximum absolute atomic E-state index is 9.08. The van der Waals surface area contributed by atoms with Crippen LogP contribution in [0.5, 0.6) is 0 Å². The fraction of sp³-hybridized carbons (Fsp3) is 0.800. The van der Waals surface area contributed by atoms with Gasteiger partial charge in [-0.05, 0) is 6.92 Å². The average molecular weight is 203 g/mol. The minimum Gasteiger partial charge on any atom is -1.00 e. The molecule has 0 amide bonds. The molecule has 0 aromatic rings. The van der Waals surface area contributed by atoms with Crippen molar-refractivity contribution in [1.82, 2.24) is 0 Å². The Hall–Kier alpha value is -0.130. The average Bonchev–Trinajstić information content (AvgIpc) is 1.63. The molecule has 0 saturated heterocycles. The molecule has 1 N–H and O–H groups in total. The van der Waals surface area contributed by atoms with E-state index in [1.54, 1.807) is 0 Å². The molecule has 0 bridgehead atoms. The molecule has 0 aliphatic carbocycles. The first-order valence-electron chi connectivity index (χ1n) is 2.83. The van der Waals surface area contributed by atoms with Crippen LogP contribution in [0.15, 0.2) is 0 Å². The first-order valence-corrected chi connectivity index (χ1v) is 4.65. The van der Waals surface area contributed by atoms with E-state index >= 15 is 0 Å². The van der Waals surface area contributed by atoms with E-state index in [0.29, 0.717) is 6.26 Å². The maximum atomic E-state index is 9.08. The summed E-state index contributed by atoms with van der Waals surface area (Å²) in [5.41, 5.74) is 0. The molecule has 4 nitrogen and oxygen atoms in total. The largest absolute Gasteiger partial charge is 1.00 e. The van der Waals surface area contributed by atoms with Gasteiger partial charge in [-0.3, -0.25) is 4.99 Å². The third-order valence-electron chi connectivity index (χ3n) is 0.408. The van der Waals surface area contributed by atoms with Crippen molar-refractivity contribution in [2.75, 3.05) is 12.8 Å². The first-order chi connectivity index (χ1) is 4.41. The lowest BCUT2D eigenvalue weighted by molar-refractivity contribution is -0.447. The van der Waals surface area contributed by atoms with Gasteiger partial charge >= 0.3 is 0 Å². The van der Waals surface area contributed by atoms with Crippen LogP contribution in [0.1, 0.15) is 13.8 Å². The summed E-state index contributed by atoms with van der Waals surface area (Å²) in [6, 6.07) is 0. The van der Waals surface area contributed by atoms with Crippen LogP contribution in [-0.4, -0.2) is 32.0 Å². The van der Waals surface area contributed by atoms with Crippen LogP contribution in [0.2, 0.25) is 0 Å². The van der Waals surface area contributed by atoms with Gasteiger partial charge in [0.25, 0.3) is 0 Å². The minimum absolute atomic E-state index is 0. The zero-order chi connectivity index (χ0) is 8.62. The molecule has 0 fully saturated rings. The van der Waals surface area contributed by atoms with Gasteiger partial charge in [0.15, 0.2) is 0 Å². The highest BCUT2D eigenvalue weighted by atomic mass is 35.5. The Morgan fingerprint density at radius 2 is 1.82 bits per heavy atom. The molecular weight excluding hydrogens is 190 g/mol. The first kappa shape index (κ1) is 17.1. The summed E-state index contributed by atoms with van der Waals surface area (Å²) in [5, 5.41) is 0. The fourth-order valence-electron chi connectivity index (χ4n) is 0.204. The predicted octanol–water partition coefficient (Wildman–Crippen LogP) is -4.66. The van der Waals surface area contributed by atoms with E-state index in [4.69, 9.17) is 13.0 Å². The highest BCUT2D eigenvalue weighted by Crippen LogP contribution is 1.59. The monoisotopic (exact) mass is 202 g/mol. The molecule has 0 aromatic heterocycles. The van der Waals surface area contributed by atoms with Crippen LogP contribution in [0, 0.1) is 0 Å². The molecule has 6 heteroatoms. The Kier molecular flexibility index (Phi) is 15.3. The van der Waals surface area contributed by atoms with Gasteiger partial charge in [0, 0.05) is 13.2 Å². The van der Waals surface area contributed by atoms with Crippen LogP contribution >= 0.6 is 0 Å². The normalized spacial score (nSPS) is 9.82. The summed E-state index contributed by atoms with van der Waals surface area (Å²) in [6.45, 7) is 5.08. The van der Waals surface area contributed by atoms with E-state index in [1.807, 2.05) is 13.1 Å². The van der Waals surface area contributed by atoms with E-state index in [9.17, 15) is 0 Å². The van der Waals surface area contributed by atoms with E-state index in [1.165, 1.54) is 0 Å². The van der Waals surface area contributed by atoms with Gasteiger partial charge in [-0.25, -0.2) is 8.42 Å².